The van der Waals surface area contributed by atoms with Crippen LogP contribution in [0, 0.1) is 0 Å². The second-order valence-corrected chi connectivity index (χ2v) is 8.17. The van der Waals surface area contributed by atoms with Crippen LogP contribution in [0.25, 0.3) is 0 Å². The number of hydrogen-bond donors (Lipinski definition) is 0. The lowest BCUT2D eigenvalue weighted by atomic mass is 9.75. The van der Waals surface area contributed by atoms with E-state index in [4.69, 9.17) is 14.2 Å². The van der Waals surface area contributed by atoms with Gasteiger partial charge in [0.2, 0.25) is 17.7 Å². The normalized spacial score (nSPS) is 24.0. The molecule has 2 saturated heterocycles. The van der Waals surface area contributed by atoms with Crippen LogP contribution in [-0.2, 0) is 29.3 Å². The fourth-order valence-electron chi connectivity index (χ4n) is 4.75. The Balaban J connectivity index is 1.98. The van der Waals surface area contributed by atoms with Crippen molar-refractivity contribution < 1.29 is 28.6 Å². The van der Waals surface area contributed by atoms with Crippen molar-refractivity contribution >= 4 is 17.7 Å². The number of carbonyl (C=O) groups is 3. The molecule has 0 radical (unpaired) electrons. The number of rotatable bonds is 9. The van der Waals surface area contributed by atoms with Crippen LogP contribution in [-0.4, -0.2) is 81.2 Å². The minimum Gasteiger partial charge on any atom is -0.496 e. The number of piperidine rings is 1. The van der Waals surface area contributed by atoms with E-state index < -0.39 is 5.41 Å². The summed E-state index contributed by atoms with van der Waals surface area (Å²) in [6, 6.07) is 7.12. The predicted molar refractivity (Wildman–Crippen MR) is 114 cm³/mol. The molecule has 0 saturated carbocycles. The average molecular weight is 433 g/mol. The highest BCUT2D eigenvalue weighted by Gasteiger charge is 2.55. The number of methoxy groups -OCH3 is 3. The Labute approximate surface area is 183 Å². The Hall–Kier alpha value is -2.45. The van der Waals surface area contributed by atoms with Crippen LogP contribution in [0.1, 0.15) is 37.7 Å². The fraction of sp³-hybridized carbons (Fsp3) is 0.609. The van der Waals surface area contributed by atoms with Gasteiger partial charge in [0.05, 0.1) is 38.3 Å². The Morgan fingerprint density at radius 2 is 1.90 bits per heavy atom. The summed E-state index contributed by atoms with van der Waals surface area (Å²) in [6.07, 6.45) is 2.68. The second-order valence-electron chi connectivity index (χ2n) is 8.17. The van der Waals surface area contributed by atoms with Crippen LogP contribution in [0.3, 0.4) is 0 Å². The highest BCUT2D eigenvalue weighted by molar-refractivity contribution is 6.11. The molecule has 8 heteroatoms. The zero-order chi connectivity index (χ0) is 22.4. The molecule has 8 nitrogen and oxygen atoms in total. The molecule has 1 aromatic rings. The molecular weight excluding hydrogens is 400 g/mol. The van der Waals surface area contributed by atoms with Gasteiger partial charge < -0.3 is 19.1 Å². The van der Waals surface area contributed by atoms with Crippen molar-refractivity contribution in [2.24, 2.45) is 0 Å². The molecule has 2 fully saturated rings. The number of imide groups is 1. The van der Waals surface area contributed by atoms with Crippen LogP contribution >= 0.6 is 0 Å². The monoisotopic (exact) mass is 432 g/mol. The van der Waals surface area contributed by atoms with Crippen molar-refractivity contribution in [2.75, 3.05) is 47.6 Å². The Kier molecular flexibility index (Phi) is 7.67. The Morgan fingerprint density at radius 3 is 2.61 bits per heavy atom. The summed E-state index contributed by atoms with van der Waals surface area (Å²) in [7, 11) is 4.67. The molecular formula is C23H32N2O6. The molecule has 2 heterocycles. The summed E-state index contributed by atoms with van der Waals surface area (Å²) in [5, 5.41) is 0. The highest BCUT2D eigenvalue weighted by Crippen LogP contribution is 2.44. The van der Waals surface area contributed by atoms with E-state index in [1.165, 1.54) is 19.1 Å². The molecule has 0 spiro atoms. The summed E-state index contributed by atoms with van der Waals surface area (Å²) in [6.45, 7) is 1.50. The number of hydrogen-bond acceptors (Lipinski definition) is 6. The highest BCUT2D eigenvalue weighted by atomic mass is 16.5. The maximum atomic E-state index is 13.6. The van der Waals surface area contributed by atoms with Gasteiger partial charge in [-0.05, 0) is 25.3 Å². The molecule has 0 aliphatic carbocycles. The molecule has 3 rings (SSSR count). The lowest BCUT2D eigenvalue weighted by molar-refractivity contribution is -0.144. The lowest BCUT2D eigenvalue weighted by Crippen LogP contribution is -2.49. The quantitative estimate of drug-likeness (QED) is 0.553. The van der Waals surface area contributed by atoms with Gasteiger partial charge in [-0.1, -0.05) is 18.2 Å². The number of carbonyl (C=O) groups excluding carboxylic acids is 3. The molecule has 0 bridgehead atoms. The smallest absolute Gasteiger partial charge is 0.241 e. The van der Waals surface area contributed by atoms with Gasteiger partial charge in [0.15, 0.2) is 0 Å². The van der Waals surface area contributed by atoms with E-state index in [1.807, 2.05) is 4.90 Å². The number of nitrogens with zero attached hydrogens (tertiary/aromatic N) is 2. The zero-order valence-electron chi connectivity index (χ0n) is 18.6. The molecule has 2 aliphatic rings. The number of para-hydroxylation sites is 1. The van der Waals surface area contributed by atoms with Gasteiger partial charge in [-0.3, -0.25) is 19.3 Å². The van der Waals surface area contributed by atoms with Crippen LogP contribution in [0.2, 0.25) is 0 Å². The van der Waals surface area contributed by atoms with E-state index in [0.717, 1.165) is 19.3 Å². The van der Waals surface area contributed by atoms with Crippen LogP contribution in [0.5, 0.6) is 5.75 Å². The third-order valence-electron chi connectivity index (χ3n) is 6.31. The van der Waals surface area contributed by atoms with Gasteiger partial charge in [-0.25, -0.2) is 0 Å². The maximum Gasteiger partial charge on any atom is 0.241 e. The number of amides is 3. The van der Waals surface area contributed by atoms with Crippen LogP contribution in [0.4, 0.5) is 0 Å². The largest absolute Gasteiger partial charge is 0.496 e. The minimum absolute atomic E-state index is 0.0160. The van der Waals surface area contributed by atoms with Gasteiger partial charge in [-0.2, -0.15) is 0 Å². The summed E-state index contributed by atoms with van der Waals surface area (Å²) >= 11 is 0. The first-order valence-electron chi connectivity index (χ1n) is 10.7. The Bertz CT molecular complexity index is 811. The fourth-order valence-corrected chi connectivity index (χ4v) is 4.75. The van der Waals surface area contributed by atoms with Gasteiger partial charge in [0.25, 0.3) is 0 Å². The SMILES string of the molecule is COCCN1C(=O)C[C@](CC(=O)N2CCCC[C@@H]2COC)(c2ccccc2OC)C1=O. The lowest BCUT2D eigenvalue weighted by Gasteiger charge is -2.38. The molecule has 2 atom stereocenters. The third kappa shape index (κ3) is 4.60. The molecule has 1 aromatic carbocycles. The van der Waals surface area contributed by atoms with Crippen molar-refractivity contribution in [3.63, 3.8) is 0 Å². The van der Waals surface area contributed by atoms with Crippen molar-refractivity contribution in [2.45, 2.75) is 43.6 Å². The van der Waals surface area contributed by atoms with Crippen molar-refractivity contribution in [1.29, 1.82) is 0 Å². The van der Waals surface area contributed by atoms with Crippen LogP contribution < -0.4 is 4.74 Å². The standard InChI is InChI=1S/C23H32N2O6/c1-29-13-12-25-21(27)15-23(22(25)28,18-9-4-5-10-19(18)31-3)14-20(26)24-11-7-6-8-17(24)16-30-2/h4-5,9-10,17H,6-8,11-16H2,1-3H3/t17-,23-/m1/s1. The van der Waals surface area contributed by atoms with E-state index in [2.05, 4.69) is 0 Å². The predicted octanol–water partition coefficient (Wildman–Crippen LogP) is 1.76. The van der Waals surface area contributed by atoms with Crippen molar-refractivity contribution in [3.05, 3.63) is 29.8 Å². The topological polar surface area (TPSA) is 85.4 Å². The van der Waals surface area contributed by atoms with Crippen molar-refractivity contribution in [3.8, 4) is 5.75 Å². The van der Waals surface area contributed by atoms with Crippen LogP contribution in [0.15, 0.2) is 24.3 Å². The summed E-state index contributed by atoms with van der Waals surface area (Å²) in [4.78, 5) is 43.1. The van der Waals surface area contributed by atoms with E-state index in [9.17, 15) is 14.4 Å². The Morgan fingerprint density at radius 1 is 1.13 bits per heavy atom. The van der Waals surface area contributed by atoms with E-state index in [0.29, 0.717) is 24.5 Å². The number of likely N-dealkylation sites (tertiary alicyclic amines) is 2. The molecule has 170 valence electrons. The maximum absolute atomic E-state index is 13.6. The van der Waals surface area contributed by atoms with E-state index in [-0.39, 0.29) is 49.8 Å². The first-order valence-corrected chi connectivity index (χ1v) is 10.7. The first kappa shape index (κ1) is 23.2. The van der Waals surface area contributed by atoms with Gasteiger partial charge in [-0.15, -0.1) is 0 Å². The number of ether oxygens (including phenoxy) is 3. The van der Waals surface area contributed by atoms with Gasteiger partial charge in [0, 0.05) is 39.2 Å². The molecule has 0 unspecified atom stereocenters. The molecule has 0 aromatic heterocycles. The number of benzene rings is 1. The summed E-state index contributed by atoms with van der Waals surface area (Å²) in [5.74, 6) is -0.305. The summed E-state index contributed by atoms with van der Waals surface area (Å²) in [5.41, 5.74) is -0.715. The van der Waals surface area contributed by atoms with E-state index in [1.54, 1.807) is 31.4 Å². The molecule has 3 amide bonds. The third-order valence-corrected chi connectivity index (χ3v) is 6.31. The summed E-state index contributed by atoms with van der Waals surface area (Å²) < 4.78 is 15.9. The molecule has 0 N–H and O–H groups in total. The average Bonchev–Trinajstić information content (AvgIpc) is 3.02. The minimum atomic E-state index is -1.29. The van der Waals surface area contributed by atoms with Crippen molar-refractivity contribution in [1.82, 2.24) is 9.80 Å². The first-order chi connectivity index (χ1) is 15.0. The second kappa shape index (κ2) is 10.2. The van der Waals surface area contributed by atoms with Gasteiger partial charge >= 0.3 is 0 Å². The molecule has 2 aliphatic heterocycles. The zero-order valence-corrected chi connectivity index (χ0v) is 18.6. The van der Waals surface area contributed by atoms with Gasteiger partial charge in [0.1, 0.15) is 5.75 Å². The molecule has 31 heavy (non-hydrogen) atoms. The van der Waals surface area contributed by atoms with E-state index >= 15 is 0 Å².